The van der Waals surface area contributed by atoms with Crippen LogP contribution in [0, 0.1) is 11.7 Å². The zero-order valence-electron chi connectivity index (χ0n) is 19.9. The Bertz CT molecular complexity index is 957. The van der Waals surface area contributed by atoms with Crippen LogP contribution in [0.2, 0.25) is 0 Å². The molecule has 0 atom stereocenters. The van der Waals surface area contributed by atoms with E-state index in [1.807, 2.05) is 4.90 Å². The molecule has 0 spiro atoms. The monoisotopic (exact) mass is 477 g/mol. The fraction of sp³-hybridized carbons (Fsp3) is 0.500. The third-order valence-electron chi connectivity index (χ3n) is 5.29. The molecule has 182 valence electrons. The molecule has 1 amide bonds. The lowest BCUT2D eigenvalue weighted by atomic mass is 10.1. The molecule has 0 fully saturated rings. The number of hydrogen-bond acceptors (Lipinski definition) is 4. The summed E-state index contributed by atoms with van der Waals surface area (Å²) >= 11 is 0. The summed E-state index contributed by atoms with van der Waals surface area (Å²) in [4.78, 5) is 14.6. The Hall–Kier alpha value is -2.41. The number of unbranched alkanes of at least 4 members (excludes halogenated alkanes) is 5. The summed E-state index contributed by atoms with van der Waals surface area (Å²) < 4.78 is 43.0. The van der Waals surface area contributed by atoms with E-state index in [-0.39, 0.29) is 16.6 Å². The summed E-state index contributed by atoms with van der Waals surface area (Å²) in [5, 5.41) is 0. The maximum atomic E-state index is 13.1. The molecule has 0 aliphatic heterocycles. The van der Waals surface area contributed by atoms with Crippen LogP contribution in [-0.4, -0.2) is 25.8 Å². The zero-order chi connectivity index (χ0) is 24.3. The van der Waals surface area contributed by atoms with Gasteiger partial charge in [-0.25, -0.2) is 4.39 Å². The standard InChI is InChI=1S/C26H36FNO4S/c1-4-5-6-7-8-9-10-26(29)28(19-21(2)3)20-22-11-15-24(16-12-22)32-33(30,31)25-17-13-23(27)14-18-25/h11-18,21H,4-10,19-20H2,1-3H3. The summed E-state index contributed by atoms with van der Waals surface area (Å²) in [5.74, 6) is 0.146. The normalized spacial score (nSPS) is 11.5. The highest BCUT2D eigenvalue weighted by atomic mass is 32.2. The second-order valence-corrected chi connectivity index (χ2v) is 10.4. The first-order valence-corrected chi connectivity index (χ1v) is 13.2. The molecule has 2 aromatic rings. The molecule has 0 saturated heterocycles. The first-order chi connectivity index (χ1) is 15.7. The number of halogens is 1. The van der Waals surface area contributed by atoms with Gasteiger partial charge in [0.2, 0.25) is 5.91 Å². The van der Waals surface area contributed by atoms with Gasteiger partial charge in [0.15, 0.2) is 0 Å². The Morgan fingerprint density at radius 2 is 1.55 bits per heavy atom. The predicted octanol–water partition coefficient (Wildman–Crippen LogP) is 6.33. The molecule has 0 heterocycles. The number of hydrogen-bond donors (Lipinski definition) is 0. The summed E-state index contributed by atoms with van der Waals surface area (Å²) in [6.45, 7) is 7.50. The van der Waals surface area contributed by atoms with Crippen LogP contribution >= 0.6 is 0 Å². The maximum absolute atomic E-state index is 13.1. The van der Waals surface area contributed by atoms with Gasteiger partial charge in [-0.2, -0.15) is 8.42 Å². The minimum absolute atomic E-state index is 0.114. The van der Waals surface area contributed by atoms with Gasteiger partial charge in [0.1, 0.15) is 16.5 Å². The molecular weight excluding hydrogens is 441 g/mol. The predicted molar refractivity (Wildman–Crippen MR) is 129 cm³/mol. The Kier molecular flexibility index (Phi) is 10.8. The molecule has 5 nitrogen and oxygen atoms in total. The molecule has 0 bridgehead atoms. The summed E-state index contributed by atoms with van der Waals surface area (Å²) in [6, 6.07) is 11.2. The highest BCUT2D eigenvalue weighted by molar-refractivity contribution is 7.87. The summed E-state index contributed by atoms with van der Waals surface area (Å²) in [5.41, 5.74) is 0.901. The molecule has 0 radical (unpaired) electrons. The number of nitrogens with zero attached hydrogens (tertiary/aromatic N) is 1. The molecule has 0 N–H and O–H groups in total. The van der Waals surface area contributed by atoms with E-state index in [1.165, 1.54) is 25.7 Å². The van der Waals surface area contributed by atoms with E-state index in [2.05, 4.69) is 20.8 Å². The molecule has 0 aliphatic rings. The lowest BCUT2D eigenvalue weighted by Gasteiger charge is -2.25. The van der Waals surface area contributed by atoms with Gasteiger partial charge in [0.05, 0.1) is 0 Å². The van der Waals surface area contributed by atoms with Crippen LogP contribution in [0.15, 0.2) is 53.4 Å². The molecule has 2 aromatic carbocycles. The molecular formula is C26H36FNO4S. The van der Waals surface area contributed by atoms with E-state index in [9.17, 15) is 17.6 Å². The molecule has 2 rings (SSSR count). The molecule has 7 heteroatoms. The van der Waals surface area contributed by atoms with E-state index in [4.69, 9.17) is 4.18 Å². The number of carbonyl (C=O) groups is 1. The fourth-order valence-corrected chi connectivity index (χ4v) is 4.49. The highest BCUT2D eigenvalue weighted by Crippen LogP contribution is 2.21. The second-order valence-electron chi connectivity index (χ2n) is 8.82. The molecule has 33 heavy (non-hydrogen) atoms. The lowest BCUT2D eigenvalue weighted by Crippen LogP contribution is -2.33. The Morgan fingerprint density at radius 3 is 2.15 bits per heavy atom. The first kappa shape index (κ1) is 26.8. The van der Waals surface area contributed by atoms with Crippen LogP contribution in [0.1, 0.15) is 71.3 Å². The van der Waals surface area contributed by atoms with Gasteiger partial charge >= 0.3 is 10.1 Å². The smallest absolute Gasteiger partial charge is 0.339 e. The van der Waals surface area contributed by atoms with E-state index in [0.29, 0.717) is 25.4 Å². The van der Waals surface area contributed by atoms with Crippen LogP contribution in [0.25, 0.3) is 0 Å². The van der Waals surface area contributed by atoms with Crippen molar-refractivity contribution in [1.29, 1.82) is 0 Å². The molecule has 0 aromatic heterocycles. The van der Waals surface area contributed by atoms with Gasteiger partial charge < -0.3 is 9.08 Å². The van der Waals surface area contributed by atoms with Gasteiger partial charge in [-0.3, -0.25) is 4.79 Å². The lowest BCUT2D eigenvalue weighted by molar-refractivity contribution is -0.132. The van der Waals surface area contributed by atoms with E-state index >= 15 is 0 Å². The van der Waals surface area contributed by atoms with Crippen molar-refractivity contribution in [3.05, 3.63) is 59.9 Å². The van der Waals surface area contributed by atoms with Crippen molar-refractivity contribution in [1.82, 2.24) is 4.90 Å². The number of benzene rings is 2. The van der Waals surface area contributed by atoms with Gasteiger partial charge in [0, 0.05) is 19.5 Å². The van der Waals surface area contributed by atoms with Crippen LogP contribution in [0.4, 0.5) is 4.39 Å². The van der Waals surface area contributed by atoms with Crippen molar-refractivity contribution >= 4 is 16.0 Å². The van der Waals surface area contributed by atoms with Gasteiger partial charge in [-0.1, -0.05) is 65.0 Å². The Balaban J connectivity index is 1.96. The molecule has 0 aliphatic carbocycles. The molecule has 0 unspecified atom stereocenters. The van der Waals surface area contributed by atoms with E-state index in [1.54, 1.807) is 24.3 Å². The average Bonchev–Trinajstić information content (AvgIpc) is 2.76. The third kappa shape index (κ3) is 9.54. The highest BCUT2D eigenvalue weighted by Gasteiger charge is 2.18. The van der Waals surface area contributed by atoms with Crippen LogP contribution in [-0.2, 0) is 21.5 Å². The van der Waals surface area contributed by atoms with E-state index < -0.39 is 15.9 Å². The van der Waals surface area contributed by atoms with Gasteiger partial charge in [-0.15, -0.1) is 0 Å². The van der Waals surface area contributed by atoms with Crippen molar-refractivity contribution < 1.29 is 21.8 Å². The van der Waals surface area contributed by atoms with Crippen LogP contribution in [0.3, 0.4) is 0 Å². The zero-order valence-corrected chi connectivity index (χ0v) is 20.7. The van der Waals surface area contributed by atoms with Gasteiger partial charge in [0.25, 0.3) is 0 Å². The van der Waals surface area contributed by atoms with E-state index in [0.717, 1.165) is 42.7 Å². The largest absolute Gasteiger partial charge is 0.379 e. The topological polar surface area (TPSA) is 63.7 Å². The van der Waals surface area contributed by atoms with Crippen molar-refractivity contribution in [2.24, 2.45) is 5.92 Å². The minimum atomic E-state index is -4.05. The van der Waals surface area contributed by atoms with Crippen LogP contribution < -0.4 is 4.18 Å². The molecule has 0 saturated carbocycles. The first-order valence-electron chi connectivity index (χ1n) is 11.8. The number of carbonyl (C=O) groups excluding carboxylic acids is 1. The third-order valence-corrected chi connectivity index (χ3v) is 6.55. The Morgan fingerprint density at radius 1 is 0.939 bits per heavy atom. The SMILES string of the molecule is CCCCCCCCC(=O)N(Cc1ccc(OS(=O)(=O)c2ccc(F)cc2)cc1)CC(C)C. The maximum Gasteiger partial charge on any atom is 0.339 e. The van der Waals surface area contributed by atoms with Crippen molar-refractivity contribution in [3.63, 3.8) is 0 Å². The van der Waals surface area contributed by atoms with Gasteiger partial charge in [-0.05, 0) is 54.3 Å². The average molecular weight is 478 g/mol. The summed E-state index contributed by atoms with van der Waals surface area (Å²) in [7, 11) is -4.05. The van der Waals surface area contributed by atoms with Crippen molar-refractivity contribution in [3.8, 4) is 5.75 Å². The number of rotatable bonds is 14. The number of amides is 1. The van der Waals surface area contributed by atoms with Crippen LogP contribution in [0.5, 0.6) is 5.75 Å². The van der Waals surface area contributed by atoms with Crippen molar-refractivity contribution in [2.45, 2.75) is 77.2 Å². The summed E-state index contributed by atoms with van der Waals surface area (Å²) in [6.07, 6.45) is 7.40. The quantitative estimate of drug-likeness (QED) is 0.236. The minimum Gasteiger partial charge on any atom is -0.379 e. The Labute approximate surface area is 198 Å². The second kappa shape index (κ2) is 13.3. The fourth-order valence-electron chi connectivity index (χ4n) is 3.56. The van der Waals surface area contributed by atoms with Crippen molar-refractivity contribution in [2.75, 3.05) is 6.54 Å².